The van der Waals surface area contributed by atoms with Crippen LogP contribution in [-0.4, -0.2) is 43.3 Å². The average molecular weight is 285 g/mol. The Balaban J connectivity index is 2.18. The number of ether oxygens (including phenoxy) is 1. The molecule has 0 bridgehead atoms. The molecule has 1 atom stereocenters. The van der Waals surface area contributed by atoms with E-state index in [0.29, 0.717) is 19.4 Å². The Labute approximate surface area is 113 Å². The zero-order valence-electron chi connectivity index (χ0n) is 10.9. The second kappa shape index (κ2) is 5.90. The fourth-order valence-corrected chi connectivity index (χ4v) is 4.05. The second-order valence-corrected chi connectivity index (χ2v) is 6.73. The van der Waals surface area contributed by atoms with Gasteiger partial charge in [-0.15, -0.1) is 0 Å². The summed E-state index contributed by atoms with van der Waals surface area (Å²) in [5.41, 5.74) is 0.893. The van der Waals surface area contributed by atoms with Gasteiger partial charge in [-0.05, 0) is 30.5 Å². The third kappa shape index (κ3) is 3.26. The molecular formula is C13H19NO4S. The van der Waals surface area contributed by atoms with E-state index in [1.807, 2.05) is 12.1 Å². The number of benzene rings is 1. The van der Waals surface area contributed by atoms with Crippen LogP contribution in [0.3, 0.4) is 0 Å². The number of rotatable bonds is 4. The first-order chi connectivity index (χ1) is 9.06. The summed E-state index contributed by atoms with van der Waals surface area (Å²) < 4.78 is 30.6. The number of aliphatic hydroxyl groups is 1. The monoisotopic (exact) mass is 285 g/mol. The summed E-state index contributed by atoms with van der Waals surface area (Å²) in [7, 11) is -1.67. The van der Waals surface area contributed by atoms with E-state index in [1.165, 1.54) is 4.31 Å². The zero-order chi connectivity index (χ0) is 13.9. The van der Waals surface area contributed by atoms with Crippen LogP contribution in [0, 0.1) is 0 Å². The summed E-state index contributed by atoms with van der Waals surface area (Å²) in [6, 6.07) is 7.00. The molecule has 0 aromatic heterocycles. The van der Waals surface area contributed by atoms with Gasteiger partial charge in [-0.2, -0.15) is 4.31 Å². The molecule has 1 aliphatic heterocycles. The van der Waals surface area contributed by atoms with Crippen LogP contribution in [0.1, 0.15) is 18.4 Å². The fraction of sp³-hybridized carbons (Fsp3) is 0.538. The highest BCUT2D eigenvalue weighted by atomic mass is 32.2. The SMILES string of the molecule is COc1ccc(CN2[C@@H](CO)CCCS2(=O)=O)cc1. The van der Waals surface area contributed by atoms with Gasteiger partial charge in [-0.3, -0.25) is 0 Å². The summed E-state index contributed by atoms with van der Waals surface area (Å²) >= 11 is 0. The lowest BCUT2D eigenvalue weighted by Gasteiger charge is -2.33. The van der Waals surface area contributed by atoms with Crippen LogP contribution in [0.5, 0.6) is 5.75 Å². The number of sulfonamides is 1. The molecule has 1 N–H and O–H groups in total. The van der Waals surface area contributed by atoms with Crippen molar-refractivity contribution in [1.29, 1.82) is 0 Å². The molecule has 1 heterocycles. The molecule has 5 nitrogen and oxygen atoms in total. The molecule has 1 fully saturated rings. The summed E-state index contributed by atoms with van der Waals surface area (Å²) in [5.74, 6) is 0.906. The molecule has 0 spiro atoms. The minimum Gasteiger partial charge on any atom is -0.497 e. The van der Waals surface area contributed by atoms with Gasteiger partial charge < -0.3 is 9.84 Å². The maximum Gasteiger partial charge on any atom is 0.214 e. The van der Waals surface area contributed by atoms with E-state index in [9.17, 15) is 13.5 Å². The van der Waals surface area contributed by atoms with E-state index in [0.717, 1.165) is 11.3 Å². The Bertz CT molecular complexity index is 512. The number of hydrogen-bond donors (Lipinski definition) is 1. The van der Waals surface area contributed by atoms with Crippen molar-refractivity contribution in [1.82, 2.24) is 4.31 Å². The van der Waals surface area contributed by atoms with Crippen LogP contribution in [0.15, 0.2) is 24.3 Å². The predicted octanol–water partition coefficient (Wildman–Crippen LogP) is 0.982. The van der Waals surface area contributed by atoms with Crippen molar-refractivity contribution in [3.63, 3.8) is 0 Å². The Morgan fingerprint density at radius 3 is 2.63 bits per heavy atom. The highest BCUT2D eigenvalue weighted by Crippen LogP contribution is 2.23. The van der Waals surface area contributed by atoms with E-state index in [-0.39, 0.29) is 18.4 Å². The summed E-state index contributed by atoms with van der Waals surface area (Å²) in [6.45, 7) is 0.174. The Hall–Kier alpha value is -1.11. The summed E-state index contributed by atoms with van der Waals surface area (Å²) in [6.07, 6.45) is 1.33. The van der Waals surface area contributed by atoms with Crippen molar-refractivity contribution < 1.29 is 18.3 Å². The maximum absolute atomic E-state index is 12.1. The highest BCUT2D eigenvalue weighted by Gasteiger charge is 2.33. The lowest BCUT2D eigenvalue weighted by atomic mass is 10.1. The molecule has 0 radical (unpaired) electrons. The first kappa shape index (κ1) is 14.3. The molecule has 6 heteroatoms. The molecule has 1 aromatic rings. The number of methoxy groups -OCH3 is 1. The van der Waals surface area contributed by atoms with Crippen LogP contribution in [0.2, 0.25) is 0 Å². The number of aliphatic hydroxyl groups excluding tert-OH is 1. The smallest absolute Gasteiger partial charge is 0.214 e. The van der Waals surface area contributed by atoms with Gasteiger partial charge in [0.25, 0.3) is 0 Å². The van der Waals surface area contributed by atoms with E-state index in [4.69, 9.17) is 4.74 Å². The second-order valence-electron chi connectivity index (χ2n) is 4.69. The molecule has 0 aliphatic carbocycles. The fourth-order valence-electron chi connectivity index (χ4n) is 2.31. The van der Waals surface area contributed by atoms with Gasteiger partial charge in [-0.1, -0.05) is 12.1 Å². The normalized spacial score (nSPS) is 23.2. The minimum atomic E-state index is -3.26. The van der Waals surface area contributed by atoms with Gasteiger partial charge in [0.05, 0.1) is 19.5 Å². The molecular weight excluding hydrogens is 266 g/mol. The van der Waals surface area contributed by atoms with Gasteiger partial charge >= 0.3 is 0 Å². The first-order valence-corrected chi connectivity index (χ1v) is 7.91. The largest absolute Gasteiger partial charge is 0.497 e. The Morgan fingerprint density at radius 1 is 1.37 bits per heavy atom. The van der Waals surface area contributed by atoms with E-state index in [2.05, 4.69) is 0 Å². The standard InChI is InChI=1S/C13H19NO4S/c1-18-13-6-4-11(5-7-13)9-14-12(10-15)3-2-8-19(14,16)17/h4-7,12,15H,2-3,8-10H2,1H3/t12-/m1/s1. The molecule has 0 amide bonds. The van der Waals surface area contributed by atoms with Crippen molar-refractivity contribution in [2.75, 3.05) is 19.5 Å². The molecule has 106 valence electrons. The van der Waals surface area contributed by atoms with E-state index < -0.39 is 10.0 Å². The van der Waals surface area contributed by atoms with Gasteiger partial charge in [-0.25, -0.2) is 8.42 Å². The van der Waals surface area contributed by atoms with E-state index in [1.54, 1.807) is 19.2 Å². The maximum atomic E-state index is 12.1. The summed E-state index contributed by atoms with van der Waals surface area (Å²) in [4.78, 5) is 0. The molecule has 1 aromatic carbocycles. The highest BCUT2D eigenvalue weighted by molar-refractivity contribution is 7.89. The summed E-state index contributed by atoms with van der Waals surface area (Å²) in [5, 5.41) is 9.33. The quantitative estimate of drug-likeness (QED) is 0.895. The van der Waals surface area contributed by atoms with Gasteiger partial charge in [0.15, 0.2) is 0 Å². The van der Waals surface area contributed by atoms with Crippen LogP contribution in [-0.2, 0) is 16.6 Å². The average Bonchev–Trinajstić information content (AvgIpc) is 2.41. The zero-order valence-corrected chi connectivity index (χ0v) is 11.8. The molecule has 19 heavy (non-hydrogen) atoms. The Kier molecular flexibility index (Phi) is 4.44. The molecule has 1 aliphatic rings. The van der Waals surface area contributed by atoms with Gasteiger partial charge in [0, 0.05) is 12.6 Å². The topological polar surface area (TPSA) is 66.8 Å². The number of hydrogen-bond acceptors (Lipinski definition) is 4. The molecule has 0 unspecified atom stereocenters. The van der Waals surface area contributed by atoms with Gasteiger partial charge in [0.2, 0.25) is 10.0 Å². The van der Waals surface area contributed by atoms with Crippen molar-refractivity contribution >= 4 is 10.0 Å². The molecule has 2 rings (SSSR count). The van der Waals surface area contributed by atoms with Crippen molar-refractivity contribution in [3.8, 4) is 5.75 Å². The van der Waals surface area contributed by atoms with Crippen molar-refractivity contribution in [2.45, 2.75) is 25.4 Å². The minimum absolute atomic E-state index is 0.130. The third-order valence-electron chi connectivity index (χ3n) is 3.41. The molecule has 1 saturated heterocycles. The van der Waals surface area contributed by atoms with Crippen molar-refractivity contribution in [3.05, 3.63) is 29.8 Å². The first-order valence-electron chi connectivity index (χ1n) is 6.30. The lowest BCUT2D eigenvalue weighted by Crippen LogP contribution is -2.46. The molecule has 0 saturated carbocycles. The van der Waals surface area contributed by atoms with Crippen LogP contribution in [0.25, 0.3) is 0 Å². The van der Waals surface area contributed by atoms with Crippen LogP contribution >= 0.6 is 0 Å². The lowest BCUT2D eigenvalue weighted by molar-refractivity contribution is 0.167. The van der Waals surface area contributed by atoms with Crippen molar-refractivity contribution in [2.24, 2.45) is 0 Å². The third-order valence-corrected chi connectivity index (χ3v) is 5.36. The van der Waals surface area contributed by atoms with E-state index >= 15 is 0 Å². The van der Waals surface area contributed by atoms with Crippen LogP contribution < -0.4 is 4.74 Å². The Morgan fingerprint density at radius 2 is 2.05 bits per heavy atom. The van der Waals surface area contributed by atoms with Gasteiger partial charge in [0.1, 0.15) is 5.75 Å². The predicted molar refractivity (Wildman–Crippen MR) is 72.4 cm³/mol. The van der Waals surface area contributed by atoms with Crippen LogP contribution in [0.4, 0.5) is 0 Å². The number of nitrogens with zero attached hydrogens (tertiary/aromatic N) is 1.